The van der Waals surface area contributed by atoms with Crippen molar-refractivity contribution < 1.29 is 4.58 Å². The van der Waals surface area contributed by atoms with Crippen LogP contribution in [0.1, 0.15) is 19.8 Å². The molecule has 0 spiro atoms. The minimum atomic E-state index is 1.26. The lowest BCUT2D eigenvalue weighted by Crippen LogP contribution is -2.25. The molecule has 40 valence electrons. The van der Waals surface area contributed by atoms with Crippen LogP contribution >= 0.6 is 0 Å². The monoisotopic (exact) mass is 98.1 g/mol. The molecule has 0 atom stereocenters. The molecule has 1 heterocycles. The summed E-state index contributed by atoms with van der Waals surface area (Å²) in [5.74, 6) is 0. The molecule has 0 radical (unpaired) electrons. The van der Waals surface area contributed by atoms with Crippen LogP contribution in [0, 0.1) is 0 Å². The van der Waals surface area contributed by atoms with E-state index in [1.807, 2.05) is 0 Å². The van der Waals surface area contributed by atoms with E-state index in [0.717, 1.165) is 0 Å². The molecule has 1 aliphatic rings. The SMILES string of the molecule is CCC[N+]1=CCC1. The summed E-state index contributed by atoms with van der Waals surface area (Å²) in [4.78, 5) is 0. The van der Waals surface area contributed by atoms with Gasteiger partial charge in [0.05, 0.1) is 6.42 Å². The Balaban J connectivity index is 2.15. The molecule has 1 nitrogen and oxygen atoms in total. The van der Waals surface area contributed by atoms with E-state index in [1.54, 1.807) is 0 Å². The Hall–Kier alpha value is -0.330. The van der Waals surface area contributed by atoms with Crippen LogP contribution in [0.3, 0.4) is 0 Å². The summed E-state index contributed by atoms with van der Waals surface area (Å²) in [5, 5.41) is 0. The summed E-state index contributed by atoms with van der Waals surface area (Å²) in [6.45, 7) is 4.78. The summed E-state index contributed by atoms with van der Waals surface area (Å²) in [7, 11) is 0. The molecular formula is C6H12N+. The van der Waals surface area contributed by atoms with Crippen molar-refractivity contribution in [3.63, 3.8) is 0 Å². The first-order valence-electron chi connectivity index (χ1n) is 3.01. The first-order valence-corrected chi connectivity index (χ1v) is 3.01. The lowest BCUT2D eigenvalue weighted by atomic mass is 10.3. The van der Waals surface area contributed by atoms with Gasteiger partial charge in [-0.05, 0) is 0 Å². The van der Waals surface area contributed by atoms with Gasteiger partial charge in [-0.25, -0.2) is 4.58 Å². The molecule has 1 heteroatoms. The molecular weight excluding hydrogens is 86.1 g/mol. The summed E-state index contributed by atoms with van der Waals surface area (Å²) >= 11 is 0. The summed E-state index contributed by atoms with van der Waals surface area (Å²) in [6.07, 6.45) is 4.86. The molecule has 0 amide bonds. The predicted molar refractivity (Wildman–Crippen MR) is 31.0 cm³/mol. The van der Waals surface area contributed by atoms with Crippen LogP contribution in [0.15, 0.2) is 0 Å². The van der Waals surface area contributed by atoms with E-state index in [2.05, 4.69) is 17.7 Å². The second kappa shape index (κ2) is 2.10. The number of hydrogen-bond acceptors (Lipinski definition) is 0. The van der Waals surface area contributed by atoms with Crippen molar-refractivity contribution in [2.24, 2.45) is 0 Å². The second-order valence-electron chi connectivity index (χ2n) is 2.01. The van der Waals surface area contributed by atoms with Crippen molar-refractivity contribution in [1.29, 1.82) is 0 Å². The second-order valence-corrected chi connectivity index (χ2v) is 2.01. The Labute approximate surface area is 44.7 Å². The molecule has 0 aromatic carbocycles. The third kappa shape index (κ3) is 1.02. The molecule has 0 aliphatic carbocycles. The van der Waals surface area contributed by atoms with Crippen LogP contribution in [-0.4, -0.2) is 23.9 Å². The zero-order chi connectivity index (χ0) is 5.11. The first-order chi connectivity index (χ1) is 3.43. The van der Waals surface area contributed by atoms with Gasteiger partial charge in [-0.15, -0.1) is 0 Å². The Morgan fingerprint density at radius 1 is 1.71 bits per heavy atom. The molecule has 0 unspecified atom stereocenters. The van der Waals surface area contributed by atoms with Crippen molar-refractivity contribution in [3.8, 4) is 0 Å². The molecule has 0 saturated carbocycles. The van der Waals surface area contributed by atoms with Crippen molar-refractivity contribution in [2.45, 2.75) is 19.8 Å². The Kier molecular flexibility index (Phi) is 1.45. The highest BCUT2D eigenvalue weighted by Crippen LogP contribution is 1.91. The van der Waals surface area contributed by atoms with Crippen molar-refractivity contribution in [3.05, 3.63) is 0 Å². The lowest BCUT2D eigenvalue weighted by Gasteiger charge is -2.05. The van der Waals surface area contributed by atoms with Gasteiger partial charge < -0.3 is 0 Å². The zero-order valence-corrected chi connectivity index (χ0v) is 4.85. The molecule has 0 aromatic rings. The maximum Gasteiger partial charge on any atom is 0.151 e. The summed E-state index contributed by atoms with van der Waals surface area (Å²) < 4.78 is 2.36. The lowest BCUT2D eigenvalue weighted by molar-refractivity contribution is -0.545. The fourth-order valence-corrected chi connectivity index (χ4v) is 0.802. The average molecular weight is 98.2 g/mol. The van der Waals surface area contributed by atoms with Crippen LogP contribution in [0.4, 0.5) is 0 Å². The van der Waals surface area contributed by atoms with Gasteiger partial charge in [0.1, 0.15) is 12.8 Å². The van der Waals surface area contributed by atoms with Gasteiger partial charge in [-0.1, -0.05) is 6.92 Å². The third-order valence-electron chi connectivity index (χ3n) is 1.31. The molecule has 1 rings (SSSR count). The number of rotatable bonds is 2. The highest BCUT2D eigenvalue weighted by Gasteiger charge is 2.09. The summed E-state index contributed by atoms with van der Waals surface area (Å²) in [6, 6.07) is 0. The van der Waals surface area contributed by atoms with Crippen LogP contribution in [0.25, 0.3) is 0 Å². The molecule has 0 bridgehead atoms. The van der Waals surface area contributed by atoms with E-state index in [0.29, 0.717) is 0 Å². The van der Waals surface area contributed by atoms with Crippen LogP contribution in [0.5, 0.6) is 0 Å². The minimum absolute atomic E-state index is 1.26. The average Bonchev–Trinajstić information content (AvgIpc) is 1.55. The Morgan fingerprint density at radius 2 is 2.43 bits per heavy atom. The molecule has 0 N–H and O–H groups in total. The maximum absolute atomic E-state index is 2.36. The molecule has 1 aliphatic heterocycles. The topological polar surface area (TPSA) is 3.01 Å². The van der Waals surface area contributed by atoms with Gasteiger partial charge in [-0.3, -0.25) is 0 Å². The van der Waals surface area contributed by atoms with Crippen LogP contribution < -0.4 is 0 Å². The highest BCUT2D eigenvalue weighted by atomic mass is 15.0. The van der Waals surface area contributed by atoms with Gasteiger partial charge in [0.2, 0.25) is 0 Å². The molecule has 7 heavy (non-hydrogen) atoms. The zero-order valence-electron chi connectivity index (χ0n) is 4.85. The van der Waals surface area contributed by atoms with Crippen molar-refractivity contribution >= 4 is 6.21 Å². The normalized spacial score (nSPS) is 18.1. The van der Waals surface area contributed by atoms with Gasteiger partial charge in [0.25, 0.3) is 0 Å². The number of hydrogen-bond donors (Lipinski definition) is 0. The Bertz CT molecular complexity index is 84.2. The van der Waals surface area contributed by atoms with E-state index in [-0.39, 0.29) is 0 Å². The quantitative estimate of drug-likeness (QED) is 0.451. The molecule has 0 fully saturated rings. The fraction of sp³-hybridized carbons (Fsp3) is 0.833. The maximum atomic E-state index is 2.36. The van der Waals surface area contributed by atoms with Crippen molar-refractivity contribution in [1.82, 2.24) is 0 Å². The van der Waals surface area contributed by atoms with E-state index in [1.165, 1.54) is 25.9 Å². The standard InChI is InChI=1S/C6H12N/c1-2-4-7-5-3-6-7/h5H,2-4,6H2,1H3/q+1. The number of nitrogens with zero attached hydrogens (tertiary/aromatic N) is 1. The van der Waals surface area contributed by atoms with E-state index < -0.39 is 0 Å². The van der Waals surface area contributed by atoms with Crippen molar-refractivity contribution in [2.75, 3.05) is 13.1 Å². The van der Waals surface area contributed by atoms with E-state index in [9.17, 15) is 0 Å². The third-order valence-corrected chi connectivity index (χ3v) is 1.31. The molecule has 0 saturated heterocycles. The smallest absolute Gasteiger partial charge is 0.151 e. The molecule has 0 aromatic heterocycles. The summed E-state index contributed by atoms with van der Waals surface area (Å²) in [5.41, 5.74) is 0. The Morgan fingerprint density at radius 3 is 2.57 bits per heavy atom. The highest BCUT2D eigenvalue weighted by molar-refractivity contribution is 5.54. The van der Waals surface area contributed by atoms with E-state index >= 15 is 0 Å². The minimum Gasteiger partial charge on any atom is -0.239 e. The van der Waals surface area contributed by atoms with Crippen LogP contribution in [0.2, 0.25) is 0 Å². The fourth-order valence-electron chi connectivity index (χ4n) is 0.802. The van der Waals surface area contributed by atoms with Gasteiger partial charge in [0.15, 0.2) is 6.54 Å². The van der Waals surface area contributed by atoms with Gasteiger partial charge in [0, 0.05) is 6.42 Å². The predicted octanol–water partition coefficient (Wildman–Crippen LogP) is 0.883. The van der Waals surface area contributed by atoms with E-state index in [4.69, 9.17) is 0 Å². The van der Waals surface area contributed by atoms with Gasteiger partial charge >= 0.3 is 0 Å². The van der Waals surface area contributed by atoms with Crippen LogP contribution in [-0.2, 0) is 0 Å². The largest absolute Gasteiger partial charge is 0.239 e. The first kappa shape index (κ1) is 4.82. The van der Waals surface area contributed by atoms with Gasteiger partial charge in [-0.2, -0.15) is 0 Å².